The van der Waals surface area contributed by atoms with Crippen molar-refractivity contribution in [3.8, 4) is 0 Å². The molecule has 6 nitrogen and oxygen atoms in total. The second-order valence-electron chi connectivity index (χ2n) is 5.21. The Morgan fingerprint density at radius 3 is 2.11 bits per heavy atom. The number of rotatable bonds is 8. The highest BCUT2D eigenvalue weighted by Gasteiger charge is 2.25. The van der Waals surface area contributed by atoms with Crippen LogP contribution in [-0.4, -0.2) is 35.6 Å². The van der Waals surface area contributed by atoms with Crippen molar-refractivity contribution in [1.29, 1.82) is 0 Å². The van der Waals surface area contributed by atoms with Gasteiger partial charge in [0.15, 0.2) is 0 Å². The second-order valence-corrected chi connectivity index (χ2v) is 5.21. The zero-order valence-corrected chi connectivity index (χ0v) is 11.9. The molecule has 6 heteroatoms. The maximum absolute atomic E-state index is 11.8. The van der Waals surface area contributed by atoms with Crippen molar-refractivity contribution in [2.24, 2.45) is 11.8 Å². The first-order valence-electron chi connectivity index (χ1n) is 6.41. The third-order valence-corrected chi connectivity index (χ3v) is 2.36. The van der Waals surface area contributed by atoms with Crippen LogP contribution in [0.15, 0.2) is 0 Å². The molecule has 0 saturated carbocycles. The van der Waals surface area contributed by atoms with Crippen molar-refractivity contribution in [1.82, 2.24) is 5.32 Å². The number of ether oxygens (including phenoxy) is 1. The summed E-state index contributed by atoms with van der Waals surface area (Å²) in [4.78, 5) is 33.7. The average molecular weight is 273 g/mol. The molecule has 0 aromatic carbocycles. The summed E-state index contributed by atoms with van der Waals surface area (Å²) in [6.07, 6.45) is -0.395. The molecule has 0 aromatic heterocycles. The number of aliphatic carboxylic acids is 1. The molecule has 1 atom stereocenters. The van der Waals surface area contributed by atoms with E-state index in [1.807, 2.05) is 13.8 Å². The van der Waals surface area contributed by atoms with Gasteiger partial charge in [0, 0.05) is 6.42 Å². The van der Waals surface area contributed by atoms with Gasteiger partial charge in [0.1, 0.15) is 6.04 Å². The van der Waals surface area contributed by atoms with Crippen LogP contribution in [0.4, 0.5) is 0 Å². The Morgan fingerprint density at radius 2 is 1.68 bits per heavy atom. The minimum atomic E-state index is -1.04. The van der Waals surface area contributed by atoms with E-state index in [0.717, 1.165) is 0 Å². The molecule has 0 rings (SSSR count). The molecule has 0 aliphatic heterocycles. The van der Waals surface area contributed by atoms with E-state index in [4.69, 9.17) is 9.84 Å². The number of hydrogen-bond donors (Lipinski definition) is 2. The summed E-state index contributed by atoms with van der Waals surface area (Å²) in [5.74, 6) is -1.87. The highest BCUT2D eigenvalue weighted by atomic mass is 16.5. The van der Waals surface area contributed by atoms with Crippen LogP contribution in [0.2, 0.25) is 0 Å². The zero-order valence-electron chi connectivity index (χ0n) is 11.9. The van der Waals surface area contributed by atoms with Crippen LogP contribution in [-0.2, 0) is 19.1 Å². The highest BCUT2D eigenvalue weighted by Crippen LogP contribution is 2.06. The van der Waals surface area contributed by atoms with Crippen molar-refractivity contribution < 1.29 is 24.2 Å². The topological polar surface area (TPSA) is 92.7 Å². The smallest absolute Gasteiger partial charge is 0.328 e. The maximum Gasteiger partial charge on any atom is 0.328 e. The van der Waals surface area contributed by atoms with Gasteiger partial charge in [-0.1, -0.05) is 27.7 Å². The molecule has 0 radical (unpaired) electrons. The van der Waals surface area contributed by atoms with Crippen LogP contribution in [0.3, 0.4) is 0 Å². The summed E-state index contributed by atoms with van der Waals surface area (Å²) < 4.78 is 5.08. The number of nitrogens with one attached hydrogen (secondary N) is 1. The van der Waals surface area contributed by atoms with Crippen LogP contribution in [0.5, 0.6) is 0 Å². The van der Waals surface area contributed by atoms with Gasteiger partial charge in [-0.05, 0) is 11.8 Å². The first kappa shape index (κ1) is 17.4. The van der Waals surface area contributed by atoms with Crippen LogP contribution >= 0.6 is 0 Å². The molecule has 19 heavy (non-hydrogen) atoms. The van der Waals surface area contributed by atoms with Gasteiger partial charge in [0.05, 0.1) is 13.0 Å². The molecule has 0 aliphatic rings. The fraction of sp³-hybridized carbons (Fsp3) is 0.769. The van der Waals surface area contributed by atoms with E-state index in [1.165, 1.54) is 0 Å². The summed E-state index contributed by atoms with van der Waals surface area (Å²) in [5, 5.41) is 11.0. The predicted molar refractivity (Wildman–Crippen MR) is 69.4 cm³/mol. The Kier molecular flexibility index (Phi) is 7.79. The minimum Gasteiger partial charge on any atom is -0.481 e. The zero-order chi connectivity index (χ0) is 15.0. The van der Waals surface area contributed by atoms with E-state index in [0.29, 0.717) is 6.61 Å². The first-order valence-corrected chi connectivity index (χ1v) is 6.41. The van der Waals surface area contributed by atoms with Gasteiger partial charge >= 0.3 is 11.9 Å². The number of carbonyl (C=O) groups excluding carboxylic acids is 2. The lowest BCUT2D eigenvalue weighted by molar-refractivity contribution is -0.150. The molecule has 0 fully saturated rings. The third-order valence-electron chi connectivity index (χ3n) is 2.36. The van der Waals surface area contributed by atoms with Gasteiger partial charge in [-0.15, -0.1) is 0 Å². The molecule has 0 aromatic rings. The van der Waals surface area contributed by atoms with E-state index in [2.05, 4.69) is 5.32 Å². The molecule has 0 spiro atoms. The van der Waals surface area contributed by atoms with Crippen LogP contribution < -0.4 is 5.32 Å². The van der Waals surface area contributed by atoms with E-state index >= 15 is 0 Å². The van der Waals surface area contributed by atoms with Crippen molar-refractivity contribution in [3.05, 3.63) is 0 Å². The number of carboxylic acids is 1. The van der Waals surface area contributed by atoms with Gasteiger partial charge < -0.3 is 15.2 Å². The summed E-state index contributed by atoms with van der Waals surface area (Å²) in [6.45, 7) is 7.72. The molecule has 110 valence electrons. The fourth-order valence-electron chi connectivity index (χ4n) is 1.30. The van der Waals surface area contributed by atoms with E-state index < -0.39 is 23.9 Å². The standard InChI is InChI=1S/C13H23NO5/c1-8(2)7-19-13(18)12(9(3)4)14-10(15)5-6-11(16)17/h8-9,12H,5-7H2,1-4H3,(H,14,15)(H,16,17). The molecule has 0 heterocycles. The summed E-state index contributed by atoms with van der Waals surface area (Å²) in [7, 11) is 0. The van der Waals surface area contributed by atoms with Crippen molar-refractivity contribution in [2.75, 3.05) is 6.61 Å². The minimum absolute atomic E-state index is 0.117. The number of hydrogen-bond acceptors (Lipinski definition) is 4. The molecule has 0 aliphatic carbocycles. The van der Waals surface area contributed by atoms with Gasteiger partial charge in [0.2, 0.25) is 5.91 Å². The lowest BCUT2D eigenvalue weighted by atomic mass is 10.0. The maximum atomic E-state index is 11.8. The monoisotopic (exact) mass is 273 g/mol. The lowest BCUT2D eigenvalue weighted by Gasteiger charge is -2.21. The van der Waals surface area contributed by atoms with Crippen LogP contribution in [0.25, 0.3) is 0 Å². The van der Waals surface area contributed by atoms with Gasteiger partial charge in [-0.2, -0.15) is 0 Å². The molecule has 1 unspecified atom stereocenters. The lowest BCUT2D eigenvalue weighted by Crippen LogP contribution is -2.45. The van der Waals surface area contributed by atoms with E-state index in [1.54, 1.807) is 13.8 Å². The summed E-state index contributed by atoms with van der Waals surface area (Å²) >= 11 is 0. The SMILES string of the molecule is CC(C)COC(=O)C(NC(=O)CCC(=O)O)C(C)C. The normalized spacial score (nSPS) is 12.3. The van der Waals surface area contributed by atoms with Gasteiger partial charge in [0.25, 0.3) is 0 Å². The Morgan fingerprint density at radius 1 is 1.11 bits per heavy atom. The largest absolute Gasteiger partial charge is 0.481 e. The van der Waals surface area contributed by atoms with Crippen molar-refractivity contribution >= 4 is 17.8 Å². The fourth-order valence-corrected chi connectivity index (χ4v) is 1.30. The molecular weight excluding hydrogens is 250 g/mol. The number of amides is 1. The Balaban J connectivity index is 4.36. The molecule has 0 bridgehead atoms. The quantitative estimate of drug-likeness (QED) is 0.648. The first-order chi connectivity index (χ1) is 8.73. The number of esters is 1. The van der Waals surface area contributed by atoms with Crippen LogP contribution in [0.1, 0.15) is 40.5 Å². The van der Waals surface area contributed by atoms with Gasteiger partial charge in [-0.3, -0.25) is 9.59 Å². The molecule has 2 N–H and O–H groups in total. The third kappa shape index (κ3) is 8.18. The van der Waals surface area contributed by atoms with E-state index in [9.17, 15) is 14.4 Å². The van der Waals surface area contributed by atoms with E-state index in [-0.39, 0.29) is 24.7 Å². The average Bonchev–Trinajstić information content (AvgIpc) is 2.29. The van der Waals surface area contributed by atoms with Gasteiger partial charge in [-0.25, -0.2) is 4.79 Å². The summed E-state index contributed by atoms with van der Waals surface area (Å²) in [5.41, 5.74) is 0. The van der Waals surface area contributed by atoms with Crippen molar-refractivity contribution in [3.63, 3.8) is 0 Å². The Bertz CT molecular complexity index is 325. The second kappa shape index (κ2) is 8.50. The molecule has 1 amide bonds. The highest BCUT2D eigenvalue weighted by molar-refractivity contribution is 5.86. The Hall–Kier alpha value is -1.59. The summed E-state index contributed by atoms with van der Waals surface area (Å²) in [6, 6.07) is -0.736. The van der Waals surface area contributed by atoms with Crippen molar-refractivity contribution in [2.45, 2.75) is 46.6 Å². The molecule has 0 saturated heterocycles. The van der Waals surface area contributed by atoms with Crippen LogP contribution in [0, 0.1) is 11.8 Å². The predicted octanol–water partition coefficient (Wildman–Crippen LogP) is 1.19. The number of carboxylic acid groups (broad SMARTS) is 1. The number of carbonyl (C=O) groups is 3. The Labute approximate surface area is 113 Å². The molecular formula is C13H23NO5.